The van der Waals surface area contributed by atoms with Crippen molar-refractivity contribution in [2.45, 2.75) is 56.8 Å². The summed E-state index contributed by atoms with van der Waals surface area (Å²) in [7, 11) is -3.60. The van der Waals surface area contributed by atoms with Gasteiger partial charge in [0.25, 0.3) is 0 Å². The second-order valence-corrected chi connectivity index (χ2v) is 18.2. The molecule has 19 heavy (non-hydrogen) atoms. The van der Waals surface area contributed by atoms with Crippen LogP contribution in [-0.4, -0.2) is 41.2 Å². The van der Waals surface area contributed by atoms with Gasteiger partial charge in [0.2, 0.25) is 5.91 Å². The molecule has 1 saturated heterocycles. The molecule has 1 N–H and O–H groups in total. The Bertz CT molecular complexity index is 324. The fourth-order valence-corrected chi connectivity index (χ4v) is 9.66. The number of carbonyl (C=O) groups is 2. The lowest BCUT2D eigenvalue weighted by atomic mass is 10.2. The van der Waals surface area contributed by atoms with Crippen LogP contribution >= 0.6 is 0 Å². The lowest BCUT2D eigenvalue weighted by Gasteiger charge is -2.38. The molecule has 0 bridgehead atoms. The molecule has 1 aliphatic rings. The van der Waals surface area contributed by atoms with Crippen molar-refractivity contribution in [3.63, 3.8) is 0 Å². The summed E-state index contributed by atoms with van der Waals surface area (Å²) in [5.74, 6) is -0.0888. The van der Waals surface area contributed by atoms with Crippen LogP contribution in [0.25, 0.3) is 0 Å². The number of hydrogen-bond donors (Lipinski definition) is 1. The zero-order valence-electron chi connectivity index (χ0n) is 13.0. The number of hydrogen-bond acceptors (Lipinski definition) is 3. The van der Waals surface area contributed by atoms with E-state index in [-0.39, 0.29) is 23.0 Å². The topological polar surface area (TPSA) is 55.4 Å². The minimum absolute atomic E-state index is 0.0606. The SMILES string of the molecule is C[Si](C)(C)C1C(=O)NCCCOC(=O)C1[Si](C)(C)C. The Kier molecular flexibility index (Phi) is 5.00. The van der Waals surface area contributed by atoms with Crippen LogP contribution in [0.4, 0.5) is 0 Å². The Morgan fingerprint density at radius 3 is 2.00 bits per heavy atom. The van der Waals surface area contributed by atoms with E-state index in [0.29, 0.717) is 19.6 Å². The summed E-state index contributed by atoms with van der Waals surface area (Å²) in [5.41, 5.74) is -0.401. The van der Waals surface area contributed by atoms with E-state index in [0.717, 1.165) is 0 Å². The summed E-state index contributed by atoms with van der Waals surface area (Å²) >= 11 is 0. The van der Waals surface area contributed by atoms with Gasteiger partial charge >= 0.3 is 5.97 Å². The van der Waals surface area contributed by atoms with Gasteiger partial charge in [-0.2, -0.15) is 0 Å². The van der Waals surface area contributed by atoms with Crippen LogP contribution in [0, 0.1) is 0 Å². The van der Waals surface area contributed by atoms with Gasteiger partial charge in [0.1, 0.15) is 0 Å². The smallest absolute Gasteiger partial charge is 0.306 e. The van der Waals surface area contributed by atoms with E-state index in [9.17, 15) is 9.59 Å². The minimum atomic E-state index is -1.81. The average Bonchev–Trinajstić information content (AvgIpc) is 2.26. The molecule has 0 aromatic rings. The van der Waals surface area contributed by atoms with Gasteiger partial charge in [0, 0.05) is 12.1 Å². The van der Waals surface area contributed by atoms with E-state index >= 15 is 0 Å². The lowest BCUT2D eigenvalue weighted by Crippen LogP contribution is -2.50. The van der Waals surface area contributed by atoms with Crippen LogP contribution in [0.15, 0.2) is 0 Å². The summed E-state index contributed by atoms with van der Waals surface area (Å²) in [4.78, 5) is 24.9. The van der Waals surface area contributed by atoms with Gasteiger partial charge in [0.05, 0.1) is 28.3 Å². The van der Waals surface area contributed by atoms with E-state index in [1.54, 1.807) is 0 Å². The van der Waals surface area contributed by atoms with Gasteiger partial charge in [-0.05, 0) is 6.42 Å². The second-order valence-electron chi connectivity index (χ2n) is 7.50. The Morgan fingerprint density at radius 2 is 1.53 bits per heavy atom. The largest absolute Gasteiger partial charge is 0.466 e. The van der Waals surface area contributed by atoms with Crippen LogP contribution in [0.2, 0.25) is 50.4 Å². The molecule has 1 amide bonds. The lowest BCUT2D eigenvalue weighted by molar-refractivity contribution is -0.144. The molecular weight excluding hydrogens is 274 g/mol. The van der Waals surface area contributed by atoms with Crippen LogP contribution in [0.3, 0.4) is 0 Å². The highest BCUT2D eigenvalue weighted by molar-refractivity contribution is 6.87. The fourth-order valence-electron chi connectivity index (χ4n) is 2.69. The molecule has 0 aliphatic carbocycles. The highest BCUT2D eigenvalue weighted by Crippen LogP contribution is 2.42. The van der Waals surface area contributed by atoms with Crippen LogP contribution in [0.1, 0.15) is 6.42 Å². The Labute approximate surface area is 118 Å². The van der Waals surface area contributed by atoms with Crippen molar-refractivity contribution in [2.24, 2.45) is 0 Å². The van der Waals surface area contributed by atoms with E-state index in [4.69, 9.17) is 4.74 Å². The molecule has 1 rings (SSSR count). The summed E-state index contributed by atoms with van der Waals surface area (Å²) in [6, 6.07) is 0. The number of ether oxygens (including phenoxy) is 1. The van der Waals surface area contributed by atoms with Crippen LogP contribution in [0.5, 0.6) is 0 Å². The van der Waals surface area contributed by atoms with E-state index in [2.05, 4.69) is 44.6 Å². The normalized spacial score (nSPS) is 26.8. The number of cyclic esters (lactones) is 1. The highest BCUT2D eigenvalue weighted by atomic mass is 28.3. The van der Waals surface area contributed by atoms with E-state index in [1.807, 2.05) is 0 Å². The molecule has 0 saturated carbocycles. The molecule has 0 aromatic carbocycles. The third kappa shape index (κ3) is 4.17. The molecule has 0 spiro atoms. The Morgan fingerprint density at radius 1 is 1.00 bits per heavy atom. The molecule has 1 aliphatic heterocycles. The third-order valence-corrected chi connectivity index (χ3v) is 8.83. The summed E-state index contributed by atoms with van der Waals surface area (Å²) < 4.78 is 5.40. The molecular formula is C13H27NO3Si2. The maximum atomic E-state index is 12.5. The van der Waals surface area contributed by atoms with Gasteiger partial charge in [-0.1, -0.05) is 39.3 Å². The van der Waals surface area contributed by atoms with Crippen LogP contribution in [-0.2, 0) is 14.3 Å². The number of rotatable bonds is 2. The molecule has 4 nitrogen and oxygen atoms in total. The molecule has 110 valence electrons. The van der Waals surface area contributed by atoms with Crippen molar-refractivity contribution in [3.8, 4) is 0 Å². The molecule has 1 fully saturated rings. The van der Waals surface area contributed by atoms with E-state index < -0.39 is 16.1 Å². The molecule has 0 aromatic heterocycles. The highest BCUT2D eigenvalue weighted by Gasteiger charge is 2.49. The second kappa shape index (κ2) is 5.79. The first-order chi connectivity index (χ1) is 8.55. The van der Waals surface area contributed by atoms with Gasteiger partial charge in [-0.15, -0.1) is 0 Å². The standard InChI is InChI=1S/C13H27NO3Si2/c1-18(2,3)10-11(19(4,5)6)13(16)17-9-7-8-14-12(10)15/h10-11H,7-9H2,1-6H3,(H,14,15). The monoisotopic (exact) mass is 301 g/mol. The maximum Gasteiger partial charge on any atom is 0.306 e. The minimum Gasteiger partial charge on any atom is -0.466 e. The summed E-state index contributed by atoms with van der Waals surface area (Å²) in [6.07, 6.45) is 0.703. The van der Waals surface area contributed by atoms with Crippen molar-refractivity contribution in [1.82, 2.24) is 5.32 Å². The number of nitrogens with one attached hydrogen (secondary N) is 1. The van der Waals surface area contributed by atoms with Crippen molar-refractivity contribution in [2.75, 3.05) is 13.2 Å². The maximum absolute atomic E-state index is 12.5. The Hall–Kier alpha value is -0.626. The average molecular weight is 302 g/mol. The van der Waals surface area contributed by atoms with E-state index in [1.165, 1.54) is 0 Å². The van der Waals surface area contributed by atoms with Gasteiger partial charge < -0.3 is 10.1 Å². The van der Waals surface area contributed by atoms with Gasteiger partial charge in [-0.25, -0.2) is 0 Å². The predicted octanol–water partition coefficient (Wildman–Crippen LogP) is 2.47. The molecule has 1 heterocycles. The molecule has 0 radical (unpaired) electrons. The zero-order chi connectivity index (χ0) is 14.8. The predicted molar refractivity (Wildman–Crippen MR) is 82.8 cm³/mol. The van der Waals surface area contributed by atoms with Gasteiger partial charge in [-0.3, -0.25) is 9.59 Å². The van der Waals surface area contributed by atoms with Crippen LogP contribution < -0.4 is 5.32 Å². The Balaban J connectivity index is 3.24. The molecule has 2 unspecified atom stereocenters. The summed E-state index contributed by atoms with van der Waals surface area (Å²) in [5, 5.41) is 2.99. The number of esters is 1. The number of carbonyl (C=O) groups excluding carboxylic acids is 2. The zero-order valence-corrected chi connectivity index (χ0v) is 15.0. The van der Waals surface area contributed by atoms with Crippen molar-refractivity contribution in [1.29, 1.82) is 0 Å². The first-order valence-corrected chi connectivity index (χ1v) is 14.1. The first-order valence-electron chi connectivity index (χ1n) is 6.99. The number of amides is 1. The van der Waals surface area contributed by atoms with Crippen molar-refractivity contribution in [3.05, 3.63) is 0 Å². The third-order valence-electron chi connectivity index (χ3n) is 3.60. The van der Waals surface area contributed by atoms with Gasteiger partial charge in [0.15, 0.2) is 0 Å². The quantitative estimate of drug-likeness (QED) is 0.629. The summed E-state index contributed by atoms with van der Waals surface area (Å²) in [6.45, 7) is 14.0. The molecule has 6 heteroatoms. The van der Waals surface area contributed by atoms with Crippen molar-refractivity contribution < 1.29 is 14.3 Å². The first kappa shape index (κ1) is 16.4. The fraction of sp³-hybridized carbons (Fsp3) is 0.846. The molecule has 2 atom stereocenters. The van der Waals surface area contributed by atoms with Crippen molar-refractivity contribution >= 4 is 28.0 Å².